The molecule has 0 bridgehead atoms. The van der Waals surface area contributed by atoms with Crippen molar-refractivity contribution in [3.63, 3.8) is 0 Å². The third-order valence-electron chi connectivity index (χ3n) is 4.68. The summed E-state index contributed by atoms with van der Waals surface area (Å²) in [4.78, 5) is 1.74. The Hall–Kier alpha value is -2.55. The van der Waals surface area contributed by atoms with Crippen LogP contribution < -0.4 is 10.2 Å². The molecule has 11 heteroatoms. The molecule has 166 valence electrons. The molecule has 0 saturated heterocycles. The minimum atomic E-state index is -5.76. The van der Waals surface area contributed by atoms with Gasteiger partial charge in [0, 0.05) is 23.5 Å². The van der Waals surface area contributed by atoms with E-state index in [1.54, 1.807) is 42.2 Å². The zero-order valence-electron chi connectivity index (χ0n) is 16.4. The Morgan fingerprint density at radius 1 is 1.42 bits per heavy atom. The summed E-state index contributed by atoms with van der Waals surface area (Å²) in [7, 11) is -5.76. The Kier molecular flexibility index (Phi) is 6.64. The molecule has 2 aliphatic rings. The van der Waals surface area contributed by atoms with Crippen LogP contribution in [0.2, 0.25) is 0 Å². The van der Waals surface area contributed by atoms with E-state index < -0.39 is 21.7 Å². The number of nitrogens with zero attached hydrogens (tertiary/aromatic N) is 1. The van der Waals surface area contributed by atoms with Crippen molar-refractivity contribution in [2.24, 2.45) is 0 Å². The first-order valence-corrected chi connectivity index (χ1v) is 11.1. The van der Waals surface area contributed by atoms with Gasteiger partial charge in [-0.1, -0.05) is 12.0 Å². The Morgan fingerprint density at radius 2 is 2.16 bits per heavy atom. The summed E-state index contributed by atoms with van der Waals surface area (Å²) in [5, 5.41) is 3.10. The van der Waals surface area contributed by atoms with Gasteiger partial charge >= 0.3 is 15.6 Å². The van der Waals surface area contributed by atoms with Gasteiger partial charge in [0.15, 0.2) is 0 Å². The zero-order chi connectivity index (χ0) is 22.8. The topological polar surface area (TPSA) is 67.9 Å². The van der Waals surface area contributed by atoms with E-state index in [0.717, 1.165) is 11.3 Å². The highest BCUT2D eigenvalue weighted by molar-refractivity contribution is 7.87. The number of halogens is 3. The fraction of sp³-hybridized carbons (Fsp3) is 0.350. The Morgan fingerprint density at radius 3 is 2.81 bits per heavy atom. The molecule has 1 atom stereocenters. The molecule has 1 aliphatic carbocycles. The maximum absolute atomic E-state index is 12.9. The third kappa shape index (κ3) is 4.87. The van der Waals surface area contributed by atoms with E-state index in [1.807, 2.05) is 0 Å². The van der Waals surface area contributed by atoms with E-state index in [0.29, 0.717) is 23.6 Å². The van der Waals surface area contributed by atoms with Gasteiger partial charge in [-0.2, -0.15) is 21.6 Å². The molecule has 1 aromatic rings. The monoisotopic (exact) mass is 472 g/mol. The van der Waals surface area contributed by atoms with Crippen LogP contribution in [0.25, 0.3) is 0 Å². The number of rotatable bonds is 5. The number of terminal acetylenes is 1. The van der Waals surface area contributed by atoms with Crippen LogP contribution in [0.1, 0.15) is 18.9 Å². The predicted octanol–water partition coefficient (Wildman–Crippen LogP) is 3.86. The van der Waals surface area contributed by atoms with Gasteiger partial charge in [-0.3, -0.25) is 4.18 Å². The Balaban J connectivity index is 1.98. The molecular formula is C20H19F3N2O4S2. The number of thiocarbonyl (C=S) groups is 1. The average Bonchev–Trinajstić information content (AvgIpc) is 2.67. The van der Waals surface area contributed by atoms with Gasteiger partial charge in [-0.05, 0) is 61.0 Å². The van der Waals surface area contributed by atoms with Crippen LogP contribution in [0, 0.1) is 12.3 Å². The molecule has 1 unspecified atom stereocenters. The smallest absolute Gasteiger partial charge is 0.471 e. The minimum Gasteiger partial charge on any atom is -0.471 e. The number of hydrogen-bond acceptors (Lipinski definition) is 6. The normalized spacial score (nSPS) is 18.2. The van der Waals surface area contributed by atoms with Crippen LogP contribution in [0.3, 0.4) is 0 Å². The van der Waals surface area contributed by atoms with E-state index in [1.165, 1.54) is 0 Å². The van der Waals surface area contributed by atoms with Crippen molar-refractivity contribution in [1.82, 2.24) is 0 Å². The number of hydrogen-bond donors (Lipinski definition) is 1. The number of ether oxygens (including phenoxy) is 1. The molecule has 0 saturated carbocycles. The van der Waals surface area contributed by atoms with Gasteiger partial charge in [-0.25, -0.2) is 0 Å². The Labute approximate surface area is 183 Å². The SMILES string of the molecule is C#CCN1C2=C(Cc3cc(NC(=S)OCC)ccc31)C(OS(=O)(=O)C(F)(F)F)CC=C2. The quantitative estimate of drug-likeness (QED) is 0.302. The van der Waals surface area contributed by atoms with Crippen LogP contribution in [-0.2, 0) is 25.5 Å². The molecule has 0 aromatic heterocycles. The predicted molar refractivity (Wildman–Crippen MR) is 115 cm³/mol. The lowest BCUT2D eigenvalue weighted by Crippen LogP contribution is -2.37. The molecule has 3 rings (SSSR count). The fourth-order valence-electron chi connectivity index (χ4n) is 3.44. The van der Waals surface area contributed by atoms with Crippen LogP contribution in [0.5, 0.6) is 0 Å². The summed E-state index contributed by atoms with van der Waals surface area (Å²) in [6.07, 6.45) is 7.67. The van der Waals surface area contributed by atoms with Crippen LogP contribution >= 0.6 is 12.2 Å². The van der Waals surface area contributed by atoms with Crippen LogP contribution in [0.15, 0.2) is 41.6 Å². The van der Waals surface area contributed by atoms with Gasteiger partial charge < -0.3 is 15.0 Å². The molecule has 1 aromatic carbocycles. The maximum Gasteiger partial charge on any atom is 0.523 e. The summed E-state index contributed by atoms with van der Waals surface area (Å²) in [5.41, 5.74) is -2.47. The van der Waals surface area contributed by atoms with Crippen molar-refractivity contribution in [3.8, 4) is 12.3 Å². The zero-order valence-corrected chi connectivity index (χ0v) is 18.0. The van der Waals surface area contributed by atoms with Gasteiger partial charge in [0.25, 0.3) is 5.17 Å². The van der Waals surface area contributed by atoms with E-state index in [9.17, 15) is 21.6 Å². The summed E-state index contributed by atoms with van der Waals surface area (Å²) in [5.74, 6) is 2.52. The fourth-order valence-corrected chi connectivity index (χ4v) is 4.29. The summed E-state index contributed by atoms with van der Waals surface area (Å²) in [6.45, 7) is 2.32. The number of nitrogens with one attached hydrogen (secondary N) is 1. The van der Waals surface area contributed by atoms with Crippen molar-refractivity contribution in [1.29, 1.82) is 0 Å². The van der Waals surface area contributed by atoms with Crippen molar-refractivity contribution in [3.05, 3.63) is 47.2 Å². The molecule has 0 spiro atoms. The van der Waals surface area contributed by atoms with Crippen LogP contribution in [-0.4, -0.2) is 38.4 Å². The van der Waals surface area contributed by atoms with E-state index in [-0.39, 0.29) is 24.6 Å². The number of alkyl halides is 3. The standard InChI is InChI=1S/C20H19F3N2O4S2/c1-3-10-25-16-9-8-14(24-19(30)28-4-2)11-13(16)12-15-17(25)6-5-7-18(15)29-31(26,27)20(21,22)23/h1,5-6,8-9,11,18H,4,7,10,12H2,2H3,(H,24,30). The minimum absolute atomic E-state index is 0.0141. The molecule has 0 amide bonds. The van der Waals surface area contributed by atoms with Gasteiger partial charge in [0.1, 0.15) is 6.10 Å². The number of anilines is 2. The first-order chi connectivity index (χ1) is 14.6. The second kappa shape index (κ2) is 8.90. The second-order valence-corrected chi connectivity index (χ2v) is 8.62. The molecule has 0 radical (unpaired) electrons. The lowest BCUT2D eigenvalue weighted by Gasteiger charge is -2.37. The molecule has 1 heterocycles. The highest BCUT2D eigenvalue weighted by Gasteiger charge is 2.49. The lowest BCUT2D eigenvalue weighted by molar-refractivity contribution is -0.0563. The molecule has 1 aliphatic heterocycles. The van der Waals surface area contributed by atoms with Gasteiger partial charge in [0.05, 0.1) is 13.2 Å². The highest BCUT2D eigenvalue weighted by Crippen LogP contribution is 2.40. The largest absolute Gasteiger partial charge is 0.523 e. The van der Waals surface area contributed by atoms with E-state index >= 15 is 0 Å². The van der Waals surface area contributed by atoms with Crippen molar-refractivity contribution >= 4 is 38.9 Å². The number of benzene rings is 1. The number of fused-ring (bicyclic) bond motifs is 1. The van der Waals surface area contributed by atoms with Gasteiger partial charge in [-0.15, -0.1) is 6.42 Å². The maximum atomic E-state index is 12.9. The second-order valence-electron chi connectivity index (χ2n) is 6.69. The first-order valence-electron chi connectivity index (χ1n) is 9.24. The lowest BCUT2D eigenvalue weighted by atomic mass is 9.88. The van der Waals surface area contributed by atoms with Gasteiger partial charge in [0.2, 0.25) is 0 Å². The summed E-state index contributed by atoms with van der Waals surface area (Å²) >= 11 is 5.08. The first kappa shape index (κ1) is 23.1. The molecule has 31 heavy (non-hydrogen) atoms. The summed E-state index contributed by atoms with van der Waals surface area (Å²) in [6, 6.07) is 5.34. The molecule has 1 N–H and O–H groups in total. The molecule has 0 fully saturated rings. The van der Waals surface area contributed by atoms with Crippen LogP contribution in [0.4, 0.5) is 24.5 Å². The van der Waals surface area contributed by atoms with Crippen molar-refractivity contribution in [2.45, 2.75) is 31.4 Å². The third-order valence-corrected chi connectivity index (χ3v) is 5.96. The van der Waals surface area contributed by atoms with E-state index in [4.69, 9.17) is 23.4 Å². The number of allylic oxidation sites excluding steroid dienone is 1. The van der Waals surface area contributed by atoms with Crippen molar-refractivity contribution in [2.75, 3.05) is 23.4 Å². The van der Waals surface area contributed by atoms with Crippen molar-refractivity contribution < 1.29 is 30.5 Å². The average molecular weight is 473 g/mol. The Bertz CT molecular complexity index is 1090. The molecular weight excluding hydrogens is 453 g/mol. The molecule has 6 nitrogen and oxygen atoms in total. The highest BCUT2D eigenvalue weighted by atomic mass is 32.2. The van der Waals surface area contributed by atoms with E-state index in [2.05, 4.69) is 15.4 Å². The summed E-state index contributed by atoms with van der Waals surface area (Å²) < 4.78 is 71.6.